The zero-order chi connectivity index (χ0) is 16.4. The standard InChI is InChI=1S/C8H18O4S.C8H18/c1-2-3-4-5-6-7-8-12-13(9,10)11;1-3-5-7-8-6-4-2/h2-8H2,1H3,(H,9,10,11);3-8H2,1-2H3. The van der Waals surface area contributed by atoms with Gasteiger partial charge in [-0.1, -0.05) is 91.4 Å². The molecule has 130 valence electrons. The Morgan fingerprint density at radius 2 is 1.00 bits per heavy atom. The van der Waals surface area contributed by atoms with E-state index in [2.05, 4.69) is 25.0 Å². The second kappa shape index (κ2) is 17.9. The molecule has 0 saturated heterocycles. The minimum Gasteiger partial charge on any atom is -0.264 e. The maximum Gasteiger partial charge on any atom is 0.397 e. The van der Waals surface area contributed by atoms with E-state index in [1.807, 2.05) is 0 Å². The van der Waals surface area contributed by atoms with Gasteiger partial charge in [0.1, 0.15) is 0 Å². The first kappa shape index (κ1) is 23.1. The number of hydrogen-bond acceptors (Lipinski definition) is 3. The highest BCUT2D eigenvalue weighted by Crippen LogP contribution is 2.05. The first-order valence-electron chi connectivity index (χ1n) is 8.59. The second-order valence-electron chi connectivity index (χ2n) is 5.43. The van der Waals surface area contributed by atoms with Crippen molar-refractivity contribution in [1.82, 2.24) is 0 Å². The maximum absolute atomic E-state index is 10.1. The third kappa shape index (κ3) is 28.7. The van der Waals surface area contributed by atoms with Crippen molar-refractivity contribution in [2.45, 2.75) is 97.8 Å². The van der Waals surface area contributed by atoms with Crippen LogP contribution >= 0.6 is 0 Å². The predicted octanol–water partition coefficient (Wildman–Crippen LogP) is 5.53. The van der Waals surface area contributed by atoms with Crippen molar-refractivity contribution < 1.29 is 17.2 Å². The molecule has 0 fully saturated rings. The summed E-state index contributed by atoms with van der Waals surface area (Å²) in [6.07, 6.45) is 14.8. The Morgan fingerprint density at radius 1 is 0.667 bits per heavy atom. The number of hydrogen-bond donors (Lipinski definition) is 1. The van der Waals surface area contributed by atoms with Crippen LogP contribution < -0.4 is 0 Å². The minimum absolute atomic E-state index is 0.0883. The lowest BCUT2D eigenvalue weighted by Gasteiger charge is -2.00. The highest BCUT2D eigenvalue weighted by molar-refractivity contribution is 7.80. The smallest absolute Gasteiger partial charge is 0.264 e. The SMILES string of the molecule is CCCCCCCC.CCCCCCCCOS(=O)(=O)O. The topological polar surface area (TPSA) is 63.6 Å². The van der Waals surface area contributed by atoms with E-state index < -0.39 is 10.4 Å². The molecule has 0 aliphatic heterocycles. The molecule has 0 unspecified atom stereocenters. The molecule has 0 amide bonds. The normalized spacial score (nSPS) is 11.0. The predicted molar refractivity (Wildman–Crippen MR) is 89.9 cm³/mol. The van der Waals surface area contributed by atoms with Gasteiger partial charge in [0, 0.05) is 0 Å². The summed E-state index contributed by atoms with van der Waals surface area (Å²) in [7, 11) is -4.22. The Balaban J connectivity index is 0. The van der Waals surface area contributed by atoms with Crippen molar-refractivity contribution in [3.05, 3.63) is 0 Å². The summed E-state index contributed by atoms with van der Waals surface area (Å²) in [4.78, 5) is 0. The second-order valence-corrected chi connectivity index (χ2v) is 6.52. The Kier molecular flexibility index (Phi) is 19.7. The molecule has 0 saturated carbocycles. The van der Waals surface area contributed by atoms with Gasteiger partial charge in [0.05, 0.1) is 6.61 Å². The van der Waals surface area contributed by atoms with Gasteiger partial charge in [-0.05, 0) is 6.42 Å². The minimum atomic E-state index is -4.22. The molecular formula is C16H36O4S. The average Bonchev–Trinajstić information content (AvgIpc) is 2.42. The highest BCUT2D eigenvalue weighted by atomic mass is 32.3. The fourth-order valence-electron chi connectivity index (χ4n) is 1.90. The van der Waals surface area contributed by atoms with Crippen molar-refractivity contribution >= 4 is 10.4 Å². The fraction of sp³-hybridized carbons (Fsp3) is 1.00. The Hall–Kier alpha value is -0.130. The molecule has 1 N–H and O–H groups in total. The maximum atomic E-state index is 10.1. The molecule has 0 atom stereocenters. The first-order chi connectivity index (χ1) is 9.97. The van der Waals surface area contributed by atoms with Crippen LogP contribution in [0.4, 0.5) is 0 Å². The van der Waals surface area contributed by atoms with Crippen LogP contribution in [0.1, 0.15) is 97.8 Å². The molecule has 0 spiro atoms. The van der Waals surface area contributed by atoms with E-state index in [1.54, 1.807) is 0 Å². The van der Waals surface area contributed by atoms with Gasteiger partial charge in [0.2, 0.25) is 0 Å². The molecule has 4 nitrogen and oxygen atoms in total. The third-order valence-electron chi connectivity index (χ3n) is 3.19. The number of unbranched alkanes of at least 4 members (excludes halogenated alkanes) is 10. The van der Waals surface area contributed by atoms with E-state index in [-0.39, 0.29) is 6.61 Å². The van der Waals surface area contributed by atoms with Crippen molar-refractivity contribution in [1.29, 1.82) is 0 Å². The molecule has 0 aromatic heterocycles. The molecule has 5 heteroatoms. The lowest BCUT2D eigenvalue weighted by Crippen LogP contribution is -2.04. The summed E-state index contributed by atoms with van der Waals surface area (Å²) in [5.41, 5.74) is 0. The summed E-state index contributed by atoms with van der Waals surface area (Å²) < 4.78 is 32.6. The molecule has 0 bridgehead atoms. The fourth-order valence-corrected chi connectivity index (χ4v) is 2.23. The van der Waals surface area contributed by atoms with Crippen LogP contribution in [-0.4, -0.2) is 19.6 Å². The molecule has 21 heavy (non-hydrogen) atoms. The van der Waals surface area contributed by atoms with Gasteiger partial charge in [-0.15, -0.1) is 0 Å². The molecule has 0 aliphatic rings. The molecule has 0 aromatic rings. The van der Waals surface area contributed by atoms with Crippen LogP contribution in [0, 0.1) is 0 Å². The molecule has 0 aromatic carbocycles. The van der Waals surface area contributed by atoms with Gasteiger partial charge < -0.3 is 0 Å². The van der Waals surface area contributed by atoms with Gasteiger partial charge in [0.25, 0.3) is 0 Å². The quantitative estimate of drug-likeness (QED) is 0.357. The zero-order valence-electron chi connectivity index (χ0n) is 14.3. The van der Waals surface area contributed by atoms with Gasteiger partial charge in [-0.2, -0.15) is 8.42 Å². The summed E-state index contributed by atoms with van der Waals surface area (Å²) in [6, 6.07) is 0. The van der Waals surface area contributed by atoms with Crippen LogP contribution in [0.25, 0.3) is 0 Å². The summed E-state index contributed by atoms with van der Waals surface area (Å²) in [5.74, 6) is 0. The Labute approximate surface area is 132 Å². The van der Waals surface area contributed by atoms with E-state index in [0.717, 1.165) is 12.8 Å². The van der Waals surface area contributed by atoms with Crippen molar-refractivity contribution in [3.63, 3.8) is 0 Å². The molecule has 0 radical (unpaired) electrons. The van der Waals surface area contributed by atoms with E-state index in [0.29, 0.717) is 6.42 Å². The monoisotopic (exact) mass is 324 g/mol. The molecule has 0 heterocycles. The van der Waals surface area contributed by atoms with Crippen LogP contribution in [0.3, 0.4) is 0 Å². The van der Waals surface area contributed by atoms with Gasteiger partial charge in [-0.25, -0.2) is 4.18 Å². The van der Waals surface area contributed by atoms with Crippen molar-refractivity contribution in [2.75, 3.05) is 6.61 Å². The molecule has 0 rings (SSSR count). The summed E-state index contributed by atoms with van der Waals surface area (Å²) in [6.45, 7) is 6.74. The third-order valence-corrected chi connectivity index (χ3v) is 3.65. The highest BCUT2D eigenvalue weighted by Gasteiger charge is 2.02. The molecular weight excluding hydrogens is 288 g/mol. The number of rotatable bonds is 13. The van der Waals surface area contributed by atoms with Crippen LogP contribution in [0.5, 0.6) is 0 Å². The first-order valence-corrected chi connectivity index (χ1v) is 9.96. The lowest BCUT2D eigenvalue weighted by molar-refractivity contribution is 0.261. The van der Waals surface area contributed by atoms with E-state index in [9.17, 15) is 8.42 Å². The lowest BCUT2D eigenvalue weighted by atomic mass is 10.1. The van der Waals surface area contributed by atoms with E-state index in [4.69, 9.17) is 4.55 Å². The zero-order valence-corrected chi connectivity index (χ0v) is 15.1. The van der Waals surface area contributed by atoms with E-state index in [1.165, 1.54) is 57.8 Å². The van der Waals surface area contributed by atoms with E-state index >= 15 is 0 Å². The van der Waals surface area contributed by atoms with Gasteiger partial charge >= 0.3 is 10.4 Å². The van der Waals surface area contributed by atoms with Crippen molar-refractivity contribution in [3.8, 4) is 0 Å². The van der Waals surface area contributed by atoms with Crippen LogP contribution in [0.15, 0.2) is 0 Å². The van der Waals surface area contributed by atoms with Crippen LogP contribution in [0.2, 0.25) is 0 Å². The van der Waals surface area contributed by atoms with Gasteiger partial charge in [-0.3, -0.25) is 4.55 Å². The summed E-state index contributed by atoms with van der Waals surface area (Å²) in [5, 5.41) is 0. The van der Waals surface area contributed by atoms with Gasteiger partial charge in [0.15, 0.2) is 0 Å². The van der Waals surface area contributed by atoms with Crippen molar-refractivity contribution in [2.24, 2.45) is 0 Å². The average molecular weight is 325 g/mol. The van der Waals surface area contributed by atoms with Crippen LogP contribution in [-0.2, 0) is 14.6 Å². The summed E-state index contributed by atoms with van der Waals surface area (Å²) >= 11 is 0. The largest absolute Gasteiger partial charge is 0.397 e. The Bertz CT molecular complexity index is 270. The Morgan fingerprint density at radius 3 is 1.33 bits per heavy atom. The molecule has 0 aliphatic carbocycles.